The quantitative estimate of drug-likeness (QED) is 0.621. The lowest BCUT2D eigenvalue weighted by Gasteiger charge is -2.12. The van der Waals surface area contributed by atoms with Crippen molar-refractivity contribution in [1.29, 1.82) is 0 Å². The fourth-order valence-electron chi connectivity index (χ4n) is 1.68. The zero-order chi connectivity index (χ0) is 13.4. The molecule has 6 heteroatoms. The number of benzene rings is 1. The Hall–Kier alpha value is -0.590. The van der Waals surface area contributed by atoms with Gasteiger partial charge in [0.25, 0.3) is 0 Å². The number of halogens is 1. The summed E-state index contributed by atoms with van der Waals surface area (Å²) in [5.41, 5.74) is 0. The zero-order valence-electron chi connectivity index (χ0n) is 10.0. The van der Waals surface area contributed by atoms with Gasteiger partial charge < -0.3 is 4.55 Å². The second kappa shape index (κ2) is 7.76. The smallest absolute Gasteiger partial charge is 0.179 e. The summed E-state index contributed by atoms with van der Waals surface area (Å²) in [5, 5.41) is 0. The molecule has 0 bridgehead atoms. The van der Waals surface area contributed by atoms with Crippen LogP contribution in [0.25, 0.3) is 0 Å². The van der Waals surface area contributed by atoms with Gasteiger partial charge in [-0.05, 0) is 31.4 Å². The van der Waals surface area contributed by atoms with Crippen LogP contribution in [0.2, 0.25) is 0 Å². The van der Waals surface area contributed by atoms with Crippen molar-refractivity contribution in [2.24, 2.45) is 0 Å². The molecule has 1 saturated heterocycles. The van der Waals surface area contributed by atoms with Gasteiger partial charge in [0.15, 0.2) is 10.9 Å². The molecule has 0 saturated carbocycles. The van der Waals surface area contributed by atoms with Crippen LogP contribution in [0.15, 0.2) is 35.2 Å². The SMILES string of the molecule is O=S(=O)([O-])CF.c1ccc([S+]2CCCCC2)cc1. The largest absolute Gasteiger partial charge is 0.746 e. The molecule has 1 aliphatic rings. The molecule has 0 unspecified atom stereocenters. The van der Waals surface area contributed by atoms with Gasteiger partial charge in [-0.1, -0.05) is 18.2 Å². The molecule has 1 aromatic rings. The van der Waals surface area contributed by atoms with Crippen LogP contribution in [0.3, 0.4) is 0 Å². The fraction of sp³-hybridized carbons (Fsp3) is 0.500. The van der Waals surface area contributed by atoms with Crippen LogP contribution in [0.4, 0.5) is 4.39 Å². The average Bonchev–Trinajstić information content (AvgIpc) is 2.41. The highest BCUT2D eigenvalue weighted by molar-refractivity contribution is 7.96. The molecule has 0 aromatic heterocycles. The van der Waals surface area contributed by atoms with Crippen LogP contribution in [0.1, 0.15) is 19.3 Å². The van der Waals surface area contributed by atoms with Gasteiger partial charge in [0.2, 0.25) is 0 Å². The van der Waals surface area contributed by atoms with Crippen LogP contribution in [-0.2, 0) is 21.0 Å². The summed E-state index contributed by atoms with van der Waals surface area (Å²) < 4.78 is 37.8. The van der Waals surface area contributed by atoms with Gasteiger partial charge in [0, 0.05) is 10.9 Å². The van der Waals surface area contributed by atoms with Gasteiger partial charge in [-0.2, -0.15) is 0 Å². The summed E-state index contributed by atoms with van der Waals surface area (Å²) >= 11 is 0. The predicted octanol–water partition coefficient (Wildman–Crippen LogP) is 2.31. The fourth-order valence-corrected chi connectivity index (χ4v) is 4.00. The average molecular weight is 292 g/mol. The van der Waals surface area contributed by atoms with Crippen molar-refractivity contribution in [1.82, 2.24) is 0 Å². The highest BCUT2D eigenvalue weighted by Gasteiger charge is 2.23. The summed E-state index contributed by atoms with van der Waals surface area (Å²) in [5.74, 6) is 2.87. The lowest BCUT2D eigenvalue weighted by molar-refractivity contribution is 0.431. The molecule has 0 atom stereocenters. The third kappa shape index (κ3) is 6.37. The summed E-state index contributed by atoms with van der Waals surface area (Å²) in [6, 6.07) is 9.19. The molecule has 3 nitrogen and oxygen atoms in total. The maximum absolute atomic E-state index is 10.6. The Labute approximate surface area is 111 Å². The van der Waals surface area contributed by atoms with E-state index in [1.807, 2.05) is 0 Å². The van der Waals surface area contributed by atoms with Crippen molar-refractivity contribution in [3.05, 3.63) is 30.3 Å². The van der Waals surface area contributed by atoms with Crippen LogP contribution >= 0.6 is 0 Å². The Kier molecular flexibility index (Phi) is 6.67. The van der Waals surface area contributed by atoms with E-state index in [9.17, 15) is 4.39 Å². The van der Waals surface area contributed by atoms with Gasteiger partial charge in [0.05, 0.1) is 0 Å². The normalized spacial score (nSPS) is 16.8. The highest BCUT2D eigenvalue weighted by atomic mass is 32.2. The number of alkyl halides is 1. The maximum Gasteiger partial charge on any atom is 0.179 e. The van der Waals surface area contributed by atoms with E-state index in [-0.39, 0.29) is 0 Å². The van der Waals surface area contributed by atoms with Crippen LogP contribution in [-0.4, -0.2) is 30.5 Å². The summed E-state index contributed by atoms with van der Waals surface area (Å²) in [6.45, 7) is 0. The third-order valence-corrected chi connectivity index (χ3v) is 5.26. The van der Waals surface area contributed by atoms with Gasteiger partial charge in [-0.3, -0.25) is 0 Å². The zero-order valence-corrected chi connectivity index (χ0v) is 11.7. The standard InChI is InChI=1S/C11H15S.CH3FO3S/c1-3-7-11(8-4-1)12-9-5-2-6-10-12;2-1-6(3,4)5/h1,3-4,7-8H,2,5-6,9-10H2;1H2,(H,3,4,5)/q+1;/p-1. The van der Waals surface area contributed by atoms with Crippen molar-refractivity contribution in [3.8, 4) is 0 Å². The molecule has 0 amide bonds. The number of hydrogen-bond acceptors (Lipinski definition) is 3. The van der Waals surface area contributed by atoms with E-state index in [2.05, 4.69) is 30.3 Å². The monoisotopic (exact) mass is 292 g/mol. The van der Waals surface area contributed by atoms with E-state index in [1.165, 1.54) is 30.8 Å². The molecular formula is C12H17FO3S2. The summed E-state index contributed by atoms with van der Waals surface area (Å²) in [4.78, 5) is 1.58. The van der Waals surface area contributed by atoms with Gasteiger partial charge in [-0.15, -0.1) is 0 Å². The van der Waals surface area contributed by atoms with Crippen molar-refractivity contribution >= 4 is 21.0 Å². The Balaban J connectivity index is 0.000000232. The van der Waals surface area contributed by atoms with E-state index in [4.69, 9.17) is 13.0 Å². The van der Waals surface area contributed by atoms with Gasteiger partial charge in [0.1, 0.15) is 21.6 Å². The second-order valence-corrected chi connectivity index (χ2v) is 7.55. The van der Waals surface area contributed by atoms with E-state index < -0.39 is 16.1 Å². The Morgan fingerprint density at radius 3 is 2.06 bits per heavy atom. The molecule has 2 rings (SSSR count). The number of hydrogen-bond donors (Lipinski definition) is 0. The van der Waals surface area contributed by atoms with E-state index in [1.54, 1.807) is 4.90 Å². The molecule has 1 heterocycles. The van der Waals surface area contributed by atoms with Crippen molar-refractivity contribution in [2.75, 3.05) is 17.5 Å². The maximum atomic E-state index is 10.6. The molecule has 18 heavy (non-hydrogen) atoms. The van der Waals surface area contributed by atoms with Crippen molar-refractivity contribution in [2.45, 2.75) is 24.2 Å². The molecule has 0 radical (unpaired) electrons. The van der Waals surface area contributed by atoms with Crippen LogP contribution in [0, 0.1) is 0 Å². The van der Waals surface area contributed by atoms with Gasteiger partial charge in [-0.25, -0.2) is 12.8 Å². The minimum absolute atomic E-state index is 0.592. The van der Waals surface area contributed by atoms with Gasteiger partial charge >= 0.3 is 0 Å². The molecule has 0 N–H and O–H groups in total. The molecule has 1 fully saturated rings. The third-order valence-electron chi connectivity index (χ3n) is 2.49. The lowest BCUT2D eigenvalue weighted by Crippen LogP contribution is -2.17. The summed E-state index contributed by atoms with van der Waals surface area (Å²) in [7, 11) is -3.99. The first kappa shape index (κ1) is 15.5. The Morgan fingerprint density at radius 1 is 1.11 bits per heavy atom. The van der Waals surface area contributed by atoms with E-state index >= 15 is 0 Å². The lowest BCUT2D eigenvalue weighted by atomic mass is 10.3. The predicted molar refractivity (Wildman–Crippen MR) is 71.3 cm³/mol. The van der Waals surface area contributed by atoms with Crippen molar-refractivity contribution < 1.29 is 17.4 Å². The molecule has 1 aliphatic heterocycles. The minimum Gasteiger partial charge on any atom is -0.746 e. The van der Waals surface area contributed by atoms with Crippen LogP contribution < -0.4 is 0 Å². The first-order valence-electron chi connectivity index (χ1n) is 5.75. The Morgan fingerprint density at radius 2 is 1.61 bits per heavy atom. The van der Waals surface area contributed by atoms with E-state index in [0.717, 1.165) is 0 Å². The van der Waals surface area contributed by atoms with Crippen molar-refractivity contribution in [3.63, 3.8) is 0 Å². The summed E-state index contributed by atoms with van der Waals surface area (Å²) in [6.07, 6.45) is 4.34. The molecule has 102 valence electrons. The topological polar surface area (TPSA) is 57.2 Å². The Bertz CT molecular complexity index is 428. The first-order chi connectivity index (χ1) is 8.53. The molecule has 0 aliphatic carbocycles. The first-order valence-corrected chi connectivity index (χ1v) is 8.89. The minimum atomic E-state index is -4.58. The van der Waals surface area contributed by atoms with Crippen LogP contribution in [0.5, 0.6) is 0 Å². The second-order valence-electron chi connectivity index (χ2n) is 3.94. The number of rotatable bonds is 2. The molecular weight excluding hydrogens is 275 g/mol. The van der Waals surface area contributed by atoms with E-state index in [0.29, 0.717) is 10.9 Å². The molecule has 1 aromatic carbocycles. The highest BCUT2D eigenvalue weighted by Crippen LogP contribution is 2.21. The molecule has 0 spiro atoms.